The van der Waals surface area contributed by atoms with Crippen LogP contribution in [0.15, 0.2) is 12.2 Å². The Morgan fingerprint density at radius 2 is 2.00 bits per heavy atom. The summed E-state index contributed by atoms with van der Waals surface area (Å²) >= 11 is 0. The van der Waals surface area contributed by atoms with Crippen LogP contribution in [-0.2, 0) is 4.79 Å². The first-order chi connectivity index (χ1) is 7.09. The molecule has 15 heavy (non-hydrogen) atoms. The number of aliphatic carboxylic acids is 1. The molecule has 3 heteroatoms. The average molecular weight is 211 g/mol. The molecule has 1 aliphatic carbocycles. The Labute approximate surface area is 91.8 Å². The second-order valence-electron chi connectivity index (χ2n) is 4.61. The number of hydrogen-bond donors (Lipinski definition) is 1. The van der Waals surface area contributed by atoms with Crippen molar-refractivity contribution in [3.8, 4) is 0 Å². The van der Waals surface area contributed by atoms with Crippen molar-refractivity contribution in [2.75, 3.05) is 20.1 Å². The largest absolute Gasteiger partial charge is 0.478 e. The van der Waals surface area contributed by atoms with Gasteiger partial charge in [0.1, 0.15) is 0 Å². The minimum Gasteiger partial charge on any atom is -0.478 e. The van der Waals surface area contributed by atoms with Gasteiger partial charge in [-0.25, -0.2) is 4.79 Å². The Morgan fingerprint density at radius 1 is 1.40 bits per heavy atom. The summed E-state index contributed by atoms with van der Waals surface area (Å²) in [5.74, 6) is -0.129. The predicted octanol–water partition coefficient (Wildman–Crippen LogP) is 2.14. The fourth-order valence-electron chi connectivity index (χ4n) is 2.27. The van der Waals surface area contributed by atoms with Crippen LogP contribution in [0.3, 0.4) is 0 Å². The molecule has 0 unspecified atom stereocenters. The molecule has 0 saturated heterocycles. The molecule has 1 fully saturated rings. The van der Waals surface area contributed by atoms with Gasteiger partial charge < -0.3 is 10.0 Å². The lowest BCUT2D eigenvalue weighted by atomic mass is 9.89. The number of likely N-dealkylation sites (N-methyl/N-ethyl adjacent to an activating group) is 1. The van der Waals surface area contributed by atoms with Crippen molar-refractivity contribution < 1.29 is 9.90 Å². The van der Waals surface area contributed by atoms with Crippen molar-refractivity contribution in [3.05, 3.63) is 12.2 Å². The van der Waals surface area contributed by atoms with Crippen LogP contribution in [0.1, 0.15) is 32.1 Å². The van der Waals surface area contributed by atoms with Crippen LogP contribution < -0.4 is 0 Å². The third kappa shape index (κ3) is 4.47. The van der Waals surface area contributed by atoms with Gasteiger partial charge in [0, 0.05) is 18.7 Å². The second kappa shape index (κ2) is 5.91. The molecule has 0 aliphatic heterocycles. The molecule has 0 radical (unpaired) electrons. The number of nitrogens with zero attached hydrogens (tertiary/aromatic N) is 1. The van der Waals surface area contributed by atoms with Crippen molar-refractivity contribution in [1.29, 1.82) is 0 Å². The SMILES string of the molecule is C=C(CN(C)CC1CCCCC1)C(=O)O. The number of hydrogen-bond acceptors (Lipinski definition) is 2. The zero-order chi connectivity index (χ0) is 11.3. The van der Waals surface area contributed by atoms with Crippen molar-refractivity contribution in [3.63, 3.8) is 0 Å². The Balaban J connectivity index is 2.25. The minimum atomic E-state index is -0.884. The van der Waals surface area contributed by atoms with Gasteiger partial charge in [-0.1, -0.05) is 25.8 Å². The molecule has 1 rings (SSSR count). The maximum atomic E-state index is 10.6. The van der Waals surface area contributed by atoms with Crippen LogP contribution in [0.25, 0.3) is 0 Å². The quantitative estimate of drug-likeness (QED) is 0.708. The van der Waals surface area contributed by atoms with E-state index in [1.54, 1.807) is 0 Å². The molecular formula is C12H21NO2. The molecule has 0 amide bonds. The standard InChI is InChI=1S/C12H21NO2/c1-10(12(14)15)8-13(2)9-11-6-4-3-5-7-11/h11H,1,3-9H2,2H3,(H,14,15). The molecule has 0 spiro atoms. The second-order valence-corrected chi connectivity index (χ2v) is 4.61. The molecule has 0 heterocycles. The number of carboxylic acids is 1. The fraction of sp³-hybridized carbons (Fsp3) is 0.750. The van der Waals surface area contributed by atoms with E-state index in [1.807, 2.05) is 7.05 Å². The first-order valence-corrected chi connectivity index (χ1v) is 5.69. The Kier molecular flexibility index (Phi) is 4.82. The zero-order valence-electron chi connectivity index (χ0n) is 9.54. The van der Waals surface area contributed by atoms with Crippen molar-refractivity contribution in [2.45, 2.75) is 32.1 Å². The Morgan fingerprint density at radius 3 is 2.53 bits per heavy atom. The number of carbonyl (C=O) groups is 1. The normalized spacial score (nSPS) is 18.0. The third-order valence-electron chi connectivity index (χ3n) is 3.06. The molecule has 3 nitrogen and oxygen atoms in total. The fourth-order valence-corrected chi connectivity index (χ4v) is 2.27. The van der Waals surface area contributed by atoms with Crippen LogP contribution >= 0.6 is 0 Å². The monoisotopic (exact) mass is 211 g/mol. The van der Waals surface area contributed by atoms with Gasteiger partial charge in [-0.15, -0.1) is 0 Å². The Hall–Kier alpha value is -0.830. The molecule has 1 N–H and O–H groups in total. The summed E-state index contributed by atoms with van der Waals surface area (Å²) in [5.41, 5.74) is 0.285. The van der Waals surface area contributed by atoms with Gasteiger partial charge in [0.05, 0.1) is 0 Å². The van der Waals surface area contributed by atoms with E-state index in [9.17, 15) is 4.79 Å². The van der Waals surface area contributed by atoms with Gasteiger partial charge >= 0.3 is 5.97 Å². The molecular weight excluding hydrogens is 190 g/mol. The van der Waals surface area contributed by atoms with Gasteiger partial charge in [0.2, 0.25) is 0 Å². The Bertz CT molecular complexity index is 232. The van der Waals surface area contributed by atoms with Crippen LogP contribution in [-0.4, -0.2) is 36.1 Å². The van der Waals surface area contributed by atoms with E-state index in [0.717, 1.165) is 12.5 Å². The summed E-state index contributed by atoms with van der Waals surface area (Å²) in [6, 6.07) is 0. The molecule has 0 aromatic heterocycles. The lowest BCUT2D eigenvalue weighted by Gasteiger charge is -2.26. The highest BCUT2D eigenvalue weighted by atomic mass is 16.4. The summed E-state index contributed by atoms with van der Waals surface area (Å²) in [6.07, 6.45) is 6.62. The molecule has 0 aromatic rings. The van der Waals surface area contributed by atoms with E-state index in [1.165, 1.54) is 32.1 Å². The summed E-state index contributed by atoms with van der Waals surface area (Å²) in [5, 5.41) is 8.71. The highest BCUT2D eigenvalue weighted by molar-refractivity contribution is 5.86. The van der Waals surface area contributed by atoms with Gasteiger partial charge in [-0.2, -0.15) is 0 Å². The van der Waals surface area contributed by atoms with Gasteiger partial charge in [0.25, 0.3) is 0 Å². The summed E-state index contributed by atoms with van der Waals surface area (Å²) < 4.78 is 0. The first kappa shape index (κ1) is 12.2. The van der Waals surface area contributed by atoms with Gasteiger partial charge in [-0.05, 0) is 25.8 Å². The van der Waals surface area contributed by atoms with E-state index >= 15 is 0 Å². The average Bonchev–Trinajstić information content (AvgIpc) is 2.18. The molecule has 1 aliphatic rings. The molecule has 0 aromatic carbocycles. The number of carboxylic acid groups (broad SMARTS) is 1. The summed E-state index contributed by atoms with van der Waals surface area (Å²) in [7, 11) is 1.97. The lowest BCUT2D eigenvalue weighted by molar-refractivity contribution is -0.132. The molecule has 86 valence electrons. The maximum absolute atomic E-state index is 10.6. The summed E-state index contributed by atoms with van der Waals surface area (Å²) in [6.45, 7) is 5.03. The van der Waals surface area contributed by atoms with Crippen molar-refractivity contribution in [2.24, 2.45) is 5.92 Å². The predicted molar refractivity (Wildman–Crippen MR) is 60.8 cm³/mol. The summed E-state index contributed by atoms with van der Waals surface area (Å²) in [4.78, 5) is 12.7. The first-order valence-electron chi connectivity index (χ1n) is 5.69. The van der Waals surface area contributed by atoms with E-state index in [0.29, 0.717) is 6.54 Å². The van der Waals surface area contributed by atoms with Crippen molar-refractivity contribution in [1.82, 2.24) is 4.90 Å². The molecule has 0 bridgehead atoms. The third-order valence-corrected chi connectivity index (χ3v) is 3.06. The topological polar surface area (TPSA) is 40.5 Å². The molecule has 1 saturated carbocycles. The number of rotatable bonds is 5. The van der Waals surface area contributed by atoms with E-state index in [2.05, 4.69) is 11.5 Å². The van der Waals surface area contributed by atoms with Crippen LogP contribution in [0.4, 0.5) is 0 Å². The zero-order valence-corrected chi connectivity index (χ0v) is 9.54. The van der Waals surface area contributed by atoms with E-state index < -0.39 is 5.97 Å². The highest BCUT2D eigenvalue weighted by Crippen LogP contribution is 2.24. The van der Waals surface area contributed by atoms with Crippen LogP contribution in [0.2, 0.25) is 0 Å². The van der Waals surface area contributed by atoms with E-state index in [4.69, 9.17) is 5.11 Å². The van der Waals surface area contributed by atoms with Crippen LogP contribution in [0, 0.1) is 5.92 Å². The lowest BCUT2D eigenvalue weighted by Crippen LogP contribution is -2.30. The highest BCUT2D eigenvalue weighted by Gasteiger charge is 2.16. The molecule has 0 atom stereocenters. The van der Waals surface area contributed by atoms with Gasteiger partial charge in [0.15, 0.2) is 0 Å². The van der Waals surface area contributed by atoms with Gasteiger partial charge in [-0.3, -0.25) is 0 Å². The minimum absolute atomic E-state index is 0.285. The smallest absolute Gasteiger partial charge is 0.332 e. The van der Waals surface area contributed by atoms with Crippen LogP contribution in [0.5, 0.6) is 0 Å². The maximum Gasteiger partial charge on any atom is 0.332 e. The van der Waals surface area contributed by atoms with Crippen molar-refractivity contribution >= 4 is 5.97 Å². The van der Waals surface area contributed by atoms with E-state index in [-0.39, 0.29) is 5.57 Å².